The first kappa shape index (κ1) is 16.4. The second-order valence-corrected chi connectivity index (χ2v) is 7.77. The molecule has 0 saturated carbocycles. The number of H-pyrrole nitrogens is 1. The molecule has 1 aliphatic rings. The van der Waals surface area contributed by atoms with Gasteiger partial charge in [0, 0.05) is 34.9 Å². The molecule has 25 heavy (non-hydrogen) atoms. The van der Waals surface area contributed by atoms with E-state index in [2.05, 4.69) is 52.7 Å². The predicted molar refractivity (Wildman–Crippen MR) is 104 cm³/mol. The summed E-state index contributed by atoms with van der Waals surface area (Å²) in [5, 5.41) is 3.44. The van der Waals surface area contributed by atoms with Crippen LogP contribution in [0.5, 0.6) is 0 Å². The van der Waals surface area contributed by atoms with Gasteiger partial charge >= 0.3 is 0 Å². The van der Waals surface area contributed by atoms with E-state index in [4.69, 9.17) is 0 Å². The number of fused-ring (bicyclic) bond motifs is 2. The number of nitrogens with one attached hydrogen (secondary N) is 1. The van der Waals surface area contributed by atoms with Gasteiger partial charge in [-0.1, -0.05) is 25.1 Å². The lowest BCUT2D eigenvalue weighted by molar-refractivity contribution is -0.134. The minimum atomic E-state index is 0.274. The van der Waals surface area contributed by atoms with E-state index in [0.717, 1.165) is 32.2 Å². The van der Waals surface area contributed by atoms with Crippen molar-refractivity contribution in [3.8, 4) is 0 Å². The minimum absolute atomic E-state index is 0.274. The summed E-state index contributed by atoms with van der Waals surface area (Å²) < 4.78 is 0. The zero-order valence-corrected chi connectivity index (χ0v) is 15.4. The van der Waals surface area contributed by atoms with Gasteiger partial charge in [-0.3, -0.25) is 4.79 Å². The van der Waals surface area contributed by atoms with Gasteiger partial charge in [0.1, 0.15) is 0 Å². The molecule has 2 aromatic heterocycles. The average Bonchev–Trinajstić information content (AvgIpc) is 3.27. The van der Waals surface area contributed by atoms with Gasteiger partial charge in [-0.25, -0.2) is 0 Å². The van der Waals surface area contributed by atoms with Gasteiger partial charge in [0.25, 0.3) is 0 Å². The summed E-state index contributed by atoms with van der Waals surface area (Å²) in [6.45, 7) is 3.06. The Morgan fingerprint density at radius 3 is 3.08 bits per heavy atom. The third kappa shape index (κ3) is 3.11. The molecule has 0 aliphatic carbocycles. The van der Waals surface area contributed by atoms with Gasteiger partial charge in [-0.05, 0) is 54.3 Å². The van der Waals surface area contributed by atoms with Crippen molar-refractivity contribution in [3.63, 3.8) is 0 Å². The van der Waals surface area contributed by atoms with E-state index in [-0.39, 0.29) is 6.04 Å². The van der Waals surface area contributed by atoms with Crippen molar-refractivity contribution < 1.29 is 4.79 Å². The van der Waals surface area contributed by atoms with Crippen LogP contribution in [0, 0.1) is 0 Å². The number of aromatic nitrogens is 1. The Hall–Kier alpha value is -2.07. The quantitative estimate of drug-likeness (QED) is 0.682. The van der Waals surface area contributed by atoms with Crippen molar-refractivity contribution >= 4 is 28.1 Å². The summed E-state index contributed by atoms with van der Waals surface area (Å²) in [6, 6.07) is 10.9. The molecule has 0 bridgehead atoms. The van der Waals surface area contributed by atoms with Crippen LogP contribution in [-0.2, 0) is 17.6 Å². The van der Waals surface area contributed by atoms with Crippen LogP contribution in [0.2, 0.25) is 0 Å². The third-order valence-corrected chi connectivity index (χ3v) is 6.31. The number of nitrogens with zero attached hydrogens (tertiary/aromatic N) is 1. The molecule has 1 amide bonds. The van der Waals surface area contributed by atoms with E-state index in [1.165, 1.54) is 26.9 Å². The van der Waals surface area contributed by atoms with E-state index in [9.17, 15) is 4.79 Å². The summed E-state index contributed by atoms with van der Waals surface area (Å²) in [7, 11) is 0. The van der Waals surface area contributed by atoms with Crippen LogP contribution in [0.25, 0.3) is 10.9 Å². The number of hydrogen-bond donors (Lipinski definition) is 1. The topological polar surface area (TPSA) is 36.1 Å². The summed E-state index contributed by atoms with van der Waals surface area (Å²) in [4.78, 5) is 19.7. The van der Waals surface area contributed by atoms with Crippen molar-refractivity contribution in [1.29, 1.82) is 0 Å². The van der Waals surface area contributed by atoms with E-state index in [1.54, 1.807) is 0 Å². The first-order chi connectivity index (χ1) is 12.3. The lowest BCUT2D eigenvalue weighted by Gasteiger charge is -2.35. The van der Waals surface area contributed by atoms with Crippen molar-refractivity contribution in [2.24, 2.45) is 0 Å². The van der Waals surface area contributed by atoms with Crippen molar-refractivity contribution in [3.05, 3.63) is 57.9 Å². The van der Waals surface area contributed by atoms with E-state index in [0.29, 0.717) is 12.3 Å². The van der Waals surface area contributed by atoms with E-state index < -0.39 is 0 Å². The standard InChI is InChI=1S/C21H24N2OS/c1-2-19-17-11-13-25-20(17)10-12-23(19)21(24)9-5-6-15-14-22-18-8-4-3-7-16(15)18/h3-4,7-8,11,13-14,19,22H,2,5-6,9-10,12H2,1H3. The van der Waals surface area contributed by atoms with Crippen molar-refractivity contribution in [2.75, 3.05) is 6.54 Å². The van der Waals surface area contributed by atoms with Gasteiger partial charge in [-0.2, -0.15) is 0 Å². The largest absolute Gasteiger partial charge is 0.361 e. The number of hydrogen-bond acceptors (Lipinski definition) is 2. The maximum Gasteiger partial charge on any atom is 0.223 e. The zero-order chi connectivity index (χ0) is 17.2. The van der Waals surface area contributed by atoms with Crippen LogP contribution >= 0.6 is 11.3 Å². The number of aryl methyl sites for hydroxylation is 1. The molecule has 0 spiro atoms. The van der Waals surface area contributed by atoms with Crippen LogP contribution in [0.15, 0.2) is 41.9 Å². The summed E-state index contributed by atoms with van der Waals surface area (Å²) in [5.41, 5.74) is 3.87. The number of aromatic amines is 1. The first-order valence-corrected chi connectivity index (χ1v) is 10.1. The van der Waals surface area contributed by atoms with Gasteiger partial charge in [0.2, 0.25) is 5.91 Å². The number of amides is 1. The van der Waals surface area contributed by atoms with Crippen molar-refractivity contribution in [1.82, 2.24) is 9.88 Å². The van der Waals surface area contributed by atoms with Gasteiger partial charge < -0.3 is 9.88 Å². The molecular formula is C21H24N2OS. The normalized spacial score (nSPS) is 17.0. The molecule has 4 heteroatoms. The second kappa shape index (κ2) is 7.04. The maximum absolute atomic E-state index is 12.8. The van der Waals surface area contributed by atoms with Crippen LogP contribution in [-0.4, -0.2) is 22.3 Å². The average molecular weight is 353 g/mol. The fourth-order valence-corrected chi connectivity index (χ4v) is 4.98. The molecular weight excluding hydrogens is 328 g/mol. The molecule has 3 heterocycles. The number of para-hydroxylation sites is 1. The first-order valence-electron chi connectivity index (χ1n) is 9.18. The highest BCUT2D eigenvalue weighted by molar-refractivity contribution is 7.10. The second-order valence-electron chi connectivity index (χ2n) is 6.77. The number of rotatable bonds is 5. The molecule has 4 rings (SSSR count). The Morgan fingerprint density at radius 1 is 1.32 bits per heavy atom. The minimum Gasteiger partial charge on any atom is -0.361 e. The number of carbonyl (C=O) groups excluding carboxylic acids is 1. The lowest BCUT2D eigenvalue weighted by atomic mass is 9.97. The zero-order valence-electron chi connectivity index (χ0n) is 14.6. The molecule has 1 atom stereocenters. The smallest absolute Gasteiger partial charge is 0.223 e. The highest BCUT2D eigenvalue weighted by atomic mass is 32.1. The number of benzene rings is 1. The molecule has 0 saturated heterocycles. The van der Waals surface area contributed by atoms with Crippen molar-refractivity contribution in [2.45, 2.75) is 45.1 Å². The molecule has 0 radical (unpaired) electrons. The fraction of sp³-hybridized carbons (Fsp3) is 0.381. The molecule has 0 fully saturated rings. The molecule has 130 valence electrons. The highest BCUT2D eigenvalue weighted by Gasteiger charge is 2.29. The molecule has 3 aromatic rings. The summed E-state index contributed by atoms with van der Waals surface area (Å²) in [6.07, 6.45) is 6.59. The highest BCUT2D eigenvalue weighted by Crippen LogP contribution is 2.35. The van der Waals surface area contributed by atoms with Crippen LogP contribution in [0.1, 0.15) is 48.2 Å². The Balaban J connectivity index is 1.39. The lowest BCUT2D eigenvalue weighted by Crippen LogP contribution is -2.39. The predicted octanol–water partition coefficient (Wildman–Crippen LogP) is 5.09. The van der Waals surface area contributed by atoms with E-state index in [1.807, 2.05) is 17.4 Å². The summed E-state index contributed by atoms with van der Waals surface area (Å²) in [5.74, 6) is 0.309. The summed E-state index contributed by atoms with van der Waals surface area (Å²) >= 11 is 1.83. The fourth-order valence-electron chi connectivity index (χ4n) is 4.05. The van der Waals surface area contributed by atoms with Crippen LogP contribution < -0.4 is 0 Å². The van der Waals surface area contributed by atoms with Gasteiger partial charge in [0.15, 0.2) is 0 Å². The molecule has 3 nitrogen and oxygen atoms in total. The molecule has 1 aliphatic heterocycles. The Labute approximate surface area is 152 Å². The third-order valence-electron chi connectivity index (χ3n) is 5.31. The molecule has 1 unspecified atom stereocenters. The Morgan fingerprint density at radius 2 is 2.20 bits per heavy atom. The molecule has 1 aromatic carbocycles. The van der Waals surface area contributed by atoms with E-state index >= 15 is 0 Å². The van der Waals surface area contributed by atoms with Crippen LogP contribution in [0.4, 0.5) is 0 Å². The Bertz CT molecular complexity index is 879. The number of thiophene rings is 1. The maximum atomic E-state index is 12.8. The SMILES string of the molecule is CCC1c2ccsc2CCN1C(=O)CCCc1c[nH]c2ccccc12. The molecule has 1 N–H and O–H groups in total. The monoisotopic (exact) mass is 352 g/mol. The number of carbonyl (C=O) groups is 1. The van der Waals surface area contributed by atoms with Crippen LogP contribution in [0.3, 0.4) is 0 Å². The van der Waals surface area contributed by atoms with Gasteiger partial charge in [-0.15, -0.1) is 11.3 Å². The van der Waals surface area contributed by atoms with Gasteiger partial charge in [0.05, 0.1) is 6.04 Å². The Kier molecular flexibility index (Phi) is 4.62.